The summed E-state index contributed by atoms with van der Waals surface area (Å²) in [5.74, 6) is 3.20. The van der Waals surface area contributed by atoms with E-state index in [9.17, 15) is 8.42 Å². The molecule has 2 heterocycles. The summed E-state index contributed by atoms with van der Waals surface area (Å²) in [6.07, 6.45) is 0. The van der Waals surface area contributed by atoms with Crippen LogP contribution >= 0.6 is 11.8 Å². The van der Waals surface area contributed by atoms with Gasteiger partial charge in [-0.15, -0.1) is 0 Å². The molecule has 0 unspecified atom stereocenters. The molecule has 0 aliphatic carbocycles. The van der Waals surface area contributed by atoms with Crippen LogP contribution in [0.1, 0.15) is 18.2 Å². The highest BCUT2D eigenvalue weighted by Gasteiger charge is 2.23. The average Bonchev–Trinajstić information content (AvgIpc) is 3.03. The molecule has 1 aliphatic heterocycles. The topological polar surface area (TPSA) is 86.9 Å². The van der Waals surface area contributed by atoms with E-state index < -0.39 is 10.0 Å². The number of aliphatic imine (C=N–C) groups is 1. The second-order valence-corrected chi connectivity index (χ2v) is 9.91. The smallest absolute Gasteiger partial charge is 0.215 e. The molecule has 0 saturated carbocycles. The van der Waals surface area contributed by atoms with Crippen molar-refractivity contribution in [1.82, 2.24) is 14.9 Å². The number of rotatable bonds is 7. The second kappa shape index (κ2) is 9.67. The standard InChI is InChI=1S/C19H28N4O3S2/c1-3-20-19(21-8-13-28(24,25)23-9-11-27-12-10-23)22-14-18-15(2)16-6-4-5-7-17(16)26-18/h4-7H,3,8-14H2,1-2H3,(H2,20,21,22). The SMILES string of the molecule is CCNC(=NCc1oc2ccccc2c1C)NCCS(=O)(=O)N1CCSCC1. The van der Waals surface area contributed by atoms with E-state index in [0.29, 0.717) is 38.7 Å². The molecule has 9 heteroatoms. The minimum Gasteiger partial charge on any atom is -0.459 e. The maximum absolute atomic E-state index is 12.4. The van der Waals surface area contributed by atoms with Gasteiger partial charge in [-0.05, 0) is 19.9 Å². The van der Waals surface area contributed by atoms with Crippen molar-refractivity contribution in [1.29, 1.82) is 0 Å². The quantitative estimate of drug-likeness (QED) is 0.523. The summed E-state index contributed by atoms with van der Waals surface area (Å²) in [5.41, 5.74) is 1.94. The maximum atomic E-state index is 12.4. The summed E-state index contributed by atoms with van der Waals surface area (Å²) in [6.45, 7) is 6.62. The van der Waals surface area contributed by atoms with Crippen LogP contribution in [0.15, 0.2) is 33.7 Å². The Hall–Kier alpha value is -1.71. The molecule has 0 radical (unpaired) electrons. The van der Waals surface area contributed by atoms with Gasteiger partial charge in [-0.25, -0.2) is 17.7 Å². The third-order valence-corrected chi connectivity index (χ3v) is 7.50. The molecule has 0 amide bonds. The molecule has 2 N–H and O–H groups in total. The van der Waals surface area contributed by atoms with Crippen molar-refractivity contribution in [3.8, 4) is 0 Å². The minimum absolute atomic E-state index is 0.0613. The molecule has 28 heavy (non-hydrogen) atoms. The predicted molar refractivity (Wildman–Crippen MR) is 116 cm³/mol. The van der Waals surface area contributed by atoms with Crippen LogP contribution in [-0.4, -0.2) is 62.1 Å². The fourth-order valence-corrected chi connectivity index (χ4v) is 5.61. The van der Waals surface area contributed by atoms with Gasteiger partial charge in [-0.3, -0.25) is 0 Å². The first-order chi connectivity index (χ1) is 13.5. The number of aryl methyl sites for hydroxylation is 1. The Morgan fingerprint density at radius 1 is 1.25 bits per heavy atom. The van der Waals surface area contributed by atoms with E-state index >= 15 is 0 Å². The molecule has 0 atom stereocenters. The number of thioether (sulfide) groups is 1. The molecule has 1 aliphatic rings. The molecule has 1 saturated heterocycles. The number of furan rings is 1. The number of hydrogen-bond donors (Lipinski definition) is 2. The molecule has 2 aromatic rings. The van der Waals surface area contributed by atoms with Crippen molar-refractivity contribution in [2.45, 2.75) is 20.4 Å². The zero-order chi connectivity index (χ0) is 20.0. The molecule has 1 aromatic carbocycles. The highest BCUT2D eigenvalue weighted by atomic mass is 32.2. The molecule has 0 bridgehead atoms. The molecular weight excluding hydrogens is 396 g/mol. The maximum Gasteiger partial charge on any atom is 0.215 e. The summed E-state index contributed by atoms with van der Waals surface area (Å²) < 4.78 is 32.4. The number of hydrogen-bond acceptors (Lipinski definition) is 5. The van der Waals surface area contributed by atoms with Gasteiger partial charge in [0.05, 0.1) is 5.75 Å². The van der Waals surface area contributed by atoms with Gasteiger partial charge in [0.15, 0.2) is 5.96 Å². The number of guanidine groups is 1. The number of sulfonamides is 1. The Bertz CT molecular complexity index is 918. The normalized spacial score (nSPS) is 16.4. The highest BCUT2D eigenvalue weighted by Crippen LogP contribution is 2.25. The van der Waals surface area contributed by atoms with Gasteiger partial charge in [0.25, 0.3) is 0 Å². The van der Waals surface area contributed by atoms with Crippen LogP contribution < -0.4 is 10.6 Å². The van der Waals surface area contributed by atoms with Crippen LogP contribution in [0, 0.1) is 6.92 Å². The van der Waals surface area contributed by atoms with E-state index in [2.05, 4.69) is 15.6 Å². The Kier molecular flexibility index (Phi) is 7.25. The lowest BCUT2D eigenvalue weighted by Gasteiger charge is -2.25. The first-order valence-corrected chi connectivity index (χ1v) is 12.3. The molecule has 3 rings (SSSR count). The molecule has 1 fully saturated rings. The van der Waals surface area contributed by atoms with Crippen LogP contribution in [0.25, 0.3) is 11.0 Å². The van der Waals surface area contributed by atoms with Crippen molar-refractivity contribution in [2.24, 2.45) is 4.99 Å². The van der Waals surface area contributed by atoms with E-state index in [1.165, 1.54) is 0 Å². The lowest BCUT2D eigenvalue weighted by atomic mass is 10.1. The Morgan fingerprint density at radius 2 is 2.00 bits per heavy atom. The summed E-state index contributed by atoms with van der Waals surface area (Å²) in [5, 5.41) is 7.38. The zero-order valence-corrected chi connectivity index (χ0v) is 18.0. The van der Waals surface area contributed by atoms with Gasteiger partial charge in [-0.2, -0.15) is 11.8 Å². The largest absolute Gasteiger partial charge is 0.459 e. The number of para-hydroxylation sites is 1. The lowest BCUT2D eigenvalue weighted by molar-refractivity contribution is 0.443. The third kappa shape index (κ3) is 5.21. The number of nitrogens with one attached hydrogen (secondary N) is 2. The van der Waals surface area contributed by atoms with Crippen molar-refractivity contribution in [3.05, 3.63) is 35.6 Å². The molecule has 7 nitrogen and oxygen atoms in total. The second-order valence-electron chi connectivity index (χ2n) is 6.60. The molecule has 1 aromatic heterocycles. The number of benzene rings is 1. The van der Waals surface area contributed by atoms with Crippen molar-refractivity contribution in [2.75, 3.05) is 43.4 Å². The molecular formula is C19H28N4O3S2. The minimum atomic E-state index is -3.23. The molecule has 154 valence electrons. The van der Waals surface area contributed by atoms with Crippen LogP contribution in [0.4, 0.5) is 0 Å². The van der Waals surface area contributed by atoms with E-state index in [-0.39, 0.29) is 5.75 Å². The first kappa shape index (κ1) is 21.0. The van der Waals surface area contributed by atoms with E-state index in [1.54, 1.807) is 16.1 Å². The van der Waals surface area contributed by atoms with E-state index in [0.717, 1.165) is 33.8 Å². The first-order valence-electron chi connectivity index (χ1n) is 9.56. The van der Waals surface area contributed by atoms with Crippen LogP contribution in [-0.2, 0) is 16.6 Å². The van der Waals surface area contributed by atoms with Crippen LogP contribution in [0.3, 0.4) is 0 Å². The van der Waals surface area contributed by atoms with Crippen molar-refractivity contribution in [3.63, 3.8) is 0 Å². The lowest BCUT2D eigenvalue weighted by Crippen LogP contribution is -2.44. The van der Waals surface area contributed by atoms with Gasteiger partial charge in [0, 0.05) is 48.6 Å². The van der Waals surface area contributed by atoms with Crippen LogP contribution in [0.5, 0.6) is 0 Å². The summed E-state index contributed by atoms with van der Waals surface area (Å²) >= 11 is 1.80. The Labute approximate surface area is 171 Å². The average molecular weight is 425 g/mol. The van der Waals surface area contributed by atoms with Crippen molar-refractivity contribution >= 4 is 38.7 Å². The van der Waals surface area contributed by atoms with Crippen LogP contribution in [0.2, 0.25) is 0 Å². The number of fused-ring (bicyclic) bond motifs is 1. The zero-order valence-electron chi connectivity index (χ0n) is 16.4. The van der Waals surface area contributed by atoms with Crippen molar-refractivity contribution < 1.29 is 12.8 Å². The predicted octanol–water partition coefficient (Wildman–Crippen LogP) is 2.17. The van der Waals surface area contributed by atoms with Gasteiger partial charge in [-0.1, -0.05) is 18.2 Å². The van der Waals surface area contributed by atoms with Gasteiger partial charge in [0.1, 0.15) is 17.9 Å². The summed E-state index contributed by atoms with van der Waals surface area (Å²) in [4.78, 5) is 4.56. The monoisotopic (exact) mass is 424 g/mol. The third-order valence-electron chi connectivity index (χ3n) is 4.68. The van der Waals surface area contributed by atoms with E-state index in [1.807, 2.05) is 38.1 Å². The molecule has 0 spiro atoms. The van der Waals surface area contributed by atoms with Gasteiger partial charge in [0.2, 0.25) is 10.0 Å². The summed E-state index contributed by atoms with van der Waals surface area (Å²) in [7, 11) is -3.23. The Balaban J connectivity index is 1.60. The van der Waals surface area contributed by atoms with E-state index in [4.69, 9.17) is 4.42 Å². The Morgan fingerprint density at radius 3 is 2.71 bits per heavy atom. The highest BCUT2D eigenvalue weighted by molar-refractivity contribution is 7.99. The number of nitrogens with zero attached hydrogens (tertiary/aromatic N) is 2. The fourth-order valence-electron chi connectivity index (χ4n) is 3.12. The van der Waals surface area contributed by atoms with Gasteiger partial charge >= 0.3 is 0 Å². The summed E-state index contributed by atoms with van der Waals surface area (Å²) in [6, 6.07) is 7.92. The van der Waals surface area contributed by atoms with Gasteiger partial charge < -0.3 is 15.1 Å². The fraction of sp³-hybridized carbons (Fsp3) is 0.526.